The third-order valence-corrected chi connectivity index (χ3v) is 13.1. The van der Waals surface area contributed by atoms with Gasteiger partial charge in [-0.3, -0.25) is 0 Å². The van der Waals surface area contributed by atoms with Crippen molar-refractivity contribution in [1.82, 2.24) is 4.57 Å². The number of benzene rings is 11. The SMILES string of the molecule is c1ccc(-c2cccc(-c3ccccc3)c2-n2c3ccccc3c3ccc(-c4ccc(-c5cccc(C(c6cccc7ccccc67)c6cccc7ccccc67)c5)cc4)cc32)cc1. The Hall–Kier alpha value is -8.26. The highest BCUT2D eigenvalue weighted by Crippen LogP contribution is 2.44. The van der Waals surface area contributed by atoms with E-state index in [9.17, 15) is 0 Å². The molecule has 1 heteroatoms. The number of fused-ring (bicyclic) bond motifs is 5. The summed E-state index contributed by atoms with van der Waals surface area (Å²) >= 11 is 0. The fourth-order valence-corrected chi connectivity index (χ4v) is 10.2. The van der Waals surface area contributed by atoms with Crippen LogP contribution in [0.25, 0.3) is 93.5 Å². The molecule has 0 atom stereocenters. The van der Waals surface area contributed by atoms with E-state index >= 15 is 0 Å². The highest BCUT2D eigenvalue weighted by molar-refractivity contribution is 6.11. The Morgan fingerprint density at radius 1 is 0.266 bits per heavy atom. The molecule has 12 rings (SSSR count). The van der Waals surface area contributed by atoms with Crippen molar-refractivity contribution in [2.45, 2.75) is 5.92 Å². The summed E-state index contributed by atoms with van der Waals surface area (Å²) in [6.07, 6.45) is 0. The first-order valence-corrected chi connectivity index (χ1v) is 22.2. The minimum atomic E-state index is 0.0457. The molecular formula is C63H43N. The van der Waals surface area contributed by atoms with Gasteiger partial charge in [0.2, 0.25) is 0 Å². The van der Waals surface area contributed by atoms with E-state index in [2.05, 4.69) is 259 Å². The van der Waals surface area contributed by atoms with Crippen LogP contribution in [-0.2, 0) is 0 Å². The number of hydrogen-bond donors (Lipinski definition) is 0. The zero-order valence-electron chi connectivity index (χ0n) is 35.3. The van der Waals surface area contributed by atoms with Gasteiger partial charge < -0.3 is 4.57 Å². The van der Waals surface area contributed by atoms with Crippen molar-refractivity contribution in [3.05, 3.63) is 271 Å². The lowest BCUT2D eigenvalue weighted by Gasteiger charge is -2.23. The number of nitrogens with zero attached hydrogens (tertiary/aromatic N) is 1. The molecule has 1 aromatic heterocycles. The molecule has 1 nitrogen and oxygen atoms in total. The average molecular weight is 814 g/mol. The first kappa shape index (κ1) is 37.5. The van der Waals surface area contributed by atoms with Gasteiger partial charge in [0, 0.05) is 27.8 Å². The monoisotopic (exact) mass is 813 g/mol. The van der Waals surface area contributed by atoms with Crippen LogP contribution in [0.15, 0.2) is 255 Å². The molecular weight excluding hydrogens is 771 g/mol. The van der Waals surface area contributed by atoms with Crippen LogP contribution in [0.5, 0.6) is 0 Å². The summed E-state index contributed by atoms with van der Waals surface area (Å²) in [6.45, 7) is 0. The zero-order chi connectivity index (χ0) is 42.4. The molecule has 11 aromatic carbocycles. The van der Waals surface area contributed by atoms with Crippen LogP contribution in [-0.4, -0.2) is 4.57 Å². The molecule has 1 heterocycles. The van der Waals surface area contributed by atoms with Gasteiger partial charge in [0.15, 0.2) is 0 Å². The van der Waals surface area contributed by atoms with Gasteiger partial charge in [0.05, 0.1) is 16.7 Å². The van der Waals surface area contributed by atoms with Gasteiger partial charge in [-0.1, -0.05) is 243 Å². The molecule has 0 unspecified atom stereocenters. The van der Waals surface area contributed by atoms with E-state index in [0.29, 0.717) is 0 Å². The van der Waals surface area contributed by atoms with Crippen LogP contribution < -0.4 is 0 Å². The summed E-state index contributed by atoms with van der Waals surface area (Å²) in [4.78, 5) is 0. The van der Waals surface area contributed by atoms with Crippen LogP contribution in [0.3, 0.4) is 0 Å². The number of rotatable bonds is 8. The second kappa shape index (κ2) is 15.9. The largest absolute Gasteiger partial charge is 0.308 e. The van der Waals surface area contributed by atoms with Crippen LogP contribution in [0.1, 0.15) is 22.6 Å². The quantitative estimate of drug-likeness (QED) is 0.135. The molecule has 0 radical (unpaired) electrons. The van der Waals surface area contributed by atoms with Crippen molar-refractivity contribution in [3.63, 3.8) is 0 Å². The Morgan fingerprint density at radius 2 is 0.703 bits per heavy atom. The topological polar surface area (TPSA) is 4.93 Å². The molecule has 64 heavy (non-hydrogen) atoms. The van der Waals surface area contributed by atoms with E-state index < -0.39 is 0 Å². The number of para-hydroxylation sites is 2. The molecule has 0 spiro atoms. The van der Waals surface area contributed by atoms with Gasteiger partial charge in [-0.15, -0.1) is 0 Å². The maximum absolute atomic E-state index is 2.50. The zero-order valence-corrected chi connectivity index (χ0v) is 35.3. The van der Waals surface area contributed by atoms with Crippen molar-refractivity contribution in [2.24, 2.45) is 0 Å². The third-order valence-electron chi connectivity index (χ3n) is 13.1. The van der Waals surface area contributed by atoms with E-state index in [1.54, 1.807) is 0 Å². The summed E-state index contributed by atoms with van der Waals surface area (Å²) in [5, 5.41) is 7.57. The van der Waals surface area contributed by atoms with Gasteiger partial charge in [-0.05, 0) is 83.7 Å². The smallest absolute Gasteiger partial charge is 0.0618 e. The van der Waals surface area contributed by atoms with E-state index in [-0.39, 0.29) is 5.92 Å². The third kappa shape index (κ3) is 6.49. The molecule has 0 saturated carbocycles. The number of aromatic nitrogens is 1. The molecule has 0 bridgehead atoms. The molecule has 300 valence electrons. The van der Waals surface area contributed by atoms with Gasteiger partial charge >= 0.3 is 0 Å². The Bertz CT molecular complexity index is 3510. The average Bonchev–Trinajstić information content (AvgIpc) is 3.70. The predicted molar refractivity (Wildman–Crippen MR) is 271 cm³/mol. The normalized spacial score (nSPS) is 11.6. The lowest BCUT2D eigenvalue weighted by atomic mass is 9.80. The fraction of sp³-hybridized carbons (Fsp3) is 0.0159. The van der Waals surface area contributed by atoms with Crippen molar-refractivity contribution >= 4 is 43.4 Å². The van der Waals surface area contributed by atoms with Gasteiger partial charge in [0.25, 0.3) is 0 Å². The first-order chi connectivity index (χ1) is 31.8. The molecule has 0 saturated heterocycles. The molecule has 0 amide bonds. The van der Waals surface area contributed by atoms with E-state index in [1.807, 2.05) is 0 Å². The second-order valence-corrected chi connectivity index (χ2v) is 16.8. The maximum Gasteiger partial charge on any atom is 0.0618 e. The molecule has 0 fully saturated rings. The molecule has 0 aliphatic heterocycles. The first-order valence-electron chi connectivity index (χ1n) is 22.2. The number of hydrogen-bond acceptors (Lipinski definition) is 0. The Morgan fingerprint density at radius 3 is 1.31 bits per heavy atom. The maximum atomic E-state index is 2.50. The summed E-state index contributed by atoms with van der Waals surface area (Å²) in [5.41, 5.74) is 17.0. The minimum absolute atomic E-state index is 0.0457. The fourth-order valence-electron chi connectivity index (χ4n) is 10.2. The highest BCUT2D eigenvalue weighted by atomic mass is 15.0. The van der Waals surface area contributed by atoms with Crippen molar-refractivity contribution in [3.8, 4) is 50.2 Å². The van der Waals surface area contributed by atoms with E-state index in [1.165, 1.54) is 110 Å². The lowest BCUT2D eigenvalue weighted by molar-refractivity contribution is 1.00. The molecule has 0 aliphatic carbocycles. The Kier molecular flexibility index (Phi) is 9.31. The van der Waals surface area contributed by atoms with Crippen LogP contribution >= 0.6 is 0 Å². The lowest BCUT2D eigenvalue weighted by Crippen LogP contribution is -2.05. The van der Waals surface area contributed by atoms with Crippen molar-refractivity contribution < 1.29 is 0 Å². The summed E-state index contributed by atoms with van der Waals surface area (Å²) in [6, 6.07) is 93.5. The predicted octanol–water partition coefficient (Wildman–Crippen LogP) is 16.9. The summed E-state index contributed by atoms with van der Waals surface area (Å²) in [7, 11) is 0. The standard InChI is InChI=1S/C63H43N/c1-3-17-47(18-4-1)54-30-16-31-55(48-19-5-2-6-20-48)63(54)64-60-34-12-11-29-56(60)57-40-39-50(42-61(57)64)44-37-35-43(36-38-44)49-25-13-26-51(41-49)62(58-32-14-23-45-21-7-9-27-52(45)58)59-33-15-24-46-22-8-10-28-53(46)59/h1-42,62H. The second-order valence-electron chi connectivity index (χ2n) is 16.8. The summed E-state index contributed by atoms with van der Waals surface area (Å²) < 4.78 is 2.50. The molecule has 0 aliphatic rings. The van der Waals surface area contributed by atoms with Gasteiger partial charge in [0.1, 0.15) is 0 Å². The van der Waals surface area contributed by atoms with Gasteiger partial charge in [-0.25, -0.2) is 0 Å². The van der Waals surface area contributed by atoms with Crippen molar-refractivity contribution in [2.75, 3.05) is 0 Å². The van der Waals surface area contributed by atoms with Crippen LogP contribution in [0, 0.1) is 0 Å². The Labute approximate surface area is 373 Å². The molecule has 0 N–H and O–H groups in total. The van der Waals surface area contributed by atoms with E-state index in [4.69, 9.17) is 0 Å². The Balaban J connectivity index is 0.979. The summed E-state index contributed by atoms with van der Waals surface area (Å²) in [5.74, 6) is 0.0457. The van der Waals surface area contributed by atoms with Crippen molar-refractivity contribution in [1.29, 1.82) is 0 Å². The highest BCUT2D eigenvalue weighted by Gasteiger charge is 2.23. The van der Waals surface area contributed by atoms with E-state index in [0.717, 1.165) is 0 Å². The van der Waals surface area contributed by atoms with Crippen LogP contribution in [0.4, 0.5) is 0 Å². The van der Waals surface area contributed by atoms with Crippen LogP contribution in [0.2, 0.25) is 0 Å². The van der Waals surface area contributed by atoms with Gasteiger partial charge in [-0.2, -0.15) is 0 Å². The minimum Gasteiger partial charge on any atom is -0.308 e. The molecule has 12 aromatic rings.